The van der Waals surface area contributed by atoms with E-state index in [0.29, 0.717) is 12.8 Å². The van der Waals surface area contributed by atoms with Crippen molar-refractivity contribution in [2.75, 3.05) is 7.05 Å². The Kier molecular flexibility index (Phi) is 2.64. The predicted molar refractivity (Wildman–Crippen MR) is 40.6 cm³/mol. The minimum absolute atomic E-state index is 0.252. The standard InChI is InChI=1S/C8H11FN2O/c1-11(5-10)8(12)6-2-3-7(9)4-6/h6-7H,2-4H2,1H3. The second-order valence-corrected chi connectivity index (χ2v) is 3.10. The lowest BCUT2D eigenvalue weighted by molar-refractivity contribution is -0.131. The van der Waals surface area contributed by atoms with Crippen LogP contribution in [0.4, 0.5) is 4.39 Å². The maximum Gasteiger partial charge on any atom is 0.238 e. The first-order chi connectivity index (χ1) is 5.65. The molecule has 1 aliphatic rings. The van der Waals surface area contributed by atoms with E-state index < -0.39 is 6.17 Å². The molecule has 4 heteroatoms. The molecule has 0 spiro atoms. The van der Waals surface area contributed by atoms with Crippen LogP contribution in [0.1, 0.15) is 19.3 Å². The Morgan fingerprint density at radius 1 is 1.67 bits per heavy atom. The Balaban J connectivity index is 2.50. The van der Waals surface area contributed by atoms with Crippen LogP contribution in [0, 0.1) is 17.4 Å². The van der Waals surface area contributed by atoms with E-state index in [0.717, 1.165) is 4.90 Å². The molecule has 0 aromatic carbocycles. The maximum atomic E-state index is 12.6. The first-order valence-electron chi connectivity index (χ1n) is 3.96. The van der Waals surface area contributed by atoms with Crippen LogP contribution in [-0.2, 0) is 4.79 Å². The number of carbonyl (C=O) groups is 1. The van der Waals surface area contributed by atoms with Crippen LogP contribution in [0.25, 0.3) is 0 Å². The monoisotopic (exact) mass is 170 g/mol. The van der Waals surface area contributed by atoms with Crippen molar-refractivity contribution in [1.82, 2.24) is 4.90 Å². The molecule has 1 amide bonds. The highest BCUT2D eigenvalue weighted by atomic mass is 19.1. The second kappa shape index (κ2) is 3.53. The van der Waals surface area contributed by atoms with Crippen LogP contribution < -0.4 is 0 Å². The number of hydrogen-bond acceptors (Lipinski definition) is 2. The fraction of sp³-hybridized carbons (Fsp3) is 0.750. The van der Waals surface area contributed by atoms with Gasteiger partial charge in [0.1, 0.15) is 6.17 Å². The van der Waals surface area contributed by atoms with Crippen molar-refractivity contribution in [3.63, 3.8) is 0 Å². The van der Waals surface area contributed by atoms with Crippen molar-refractivity contribution in [1.29, 1.82) is 5.26 Å². The minimum atomic E-state index is -0.856. The molecule has 12 heavy (non-hydrogen) atoms. The smallest absolute Gasteiger partial charge is 0.238 e. The second-order valence-electron chi connectivity index (χ2n) is 3.10. The molecule has 0 aliphatic heterocycles. The molecule has 1 aliphatic carbocycles. The Morgan fingerprint density at radius 2 is 2.33 bits per heavy atom. The van der Waals surface area contributed by atoms with Gasteiger partial charge < -0.3 is 0 Å². The van der Waals surface area contributed by atoms with Crippen LogP contribution in [0.2, 0.25) is 0 Å². The van der Waals surface area contributed by atoms with Crippen LogP contribution in [0.3, 0.4) is 0 Å². The van der Waals surface area contributed by atoms with Gasteiger partial charge >= 0.3 is 0 Å². The topological polar surface area (TPSA) is 44.1 Å². The molecular formula is C8H11FN2O. The fourth-order valence-corrected chi connectivity index (χ4v) is 1.47. The van der Waals surface area contributed by atoms with Crippen molar-refractivity contribution < 1.29 is 9.18 Å². The van der Waals surface area contributed by atoms with Gasteiger partial charge in [-0.3, -0.25) is 9.69 Å². The summed E-state index contributed by atoms with van der Waals surface area (Å²) >= 11 is 0. The van der Waals surface area contributed by atoms with Gasteiger partial charge in [0, 0.05) is 13.0 Å². The van der Waals surface area contributed by atoms with E-state index in [1.165, 1.54) is 7.05 Å². The normalized spacial score (nSPS) is 28.1. The van der Waals surface area contributed by atoms with Crippen molar-refractivity contribution in [3.05, 3.63) is 0 Å². The number of nitrogens with zero attached hydrogens (tertiary/aromatic N) is 2. The number of alkyl halides is 1. The Bertz CT molecular complexity index is 224. The molecule has 0 radical (unpaired) electrons. The molecule has 0 N–H and O–H groups in total. The molecule has 0 bridgehead atoms. The predicted octanol–water partition coefficient (Wildman–Crippen LogP) is 1.06. The van der Waals surface area contributed by atoms with E-state index in [2.05, 4.69) is 0 Å². The highest BCUT2D eigenvalue weighted by Gasteiger charge is 2.31. The summed E-state index contributed by atoms with van der Waals surface area (Å²) in [4.78, 5) is 12.2. The summed E-state index contributed by atoms with van der Waals surface area (Å²) in [6.45, 7) is 0. The van der Waals surface area contributed by atoms with Gasteiger partial charge in [0.15, 0.2) is 6.19 Å². The highest BCUT2D eigenvalue weighted by Crippen LogP contribution is 2.28. The SMILES string of the molecule is CN(C#N)C(=O)C1CCC(F)C1. The van der Waals surface area contributed by atoms with Crippen LogP contribution in [0.15, 0.2) is 0 Å². The summed E-state index contributed by atoms with van der Waals surface area (Å²) in [5.41, 5.74) is 0. The molecule has 0 heterocycles. The molecular weight excluding hydrogens is 159 g/mol. The zero-order valence-electron chi connectivity index (χ0n) is 6.96. The number of carbonyl (C=O) groups excluding carboxylic acids is 1. The van der Waals surface area contributed by atoms with Gasteiger partial charge in [-0.15, -0.1) is 0 Å². The fourth-order valence-electron chi connectivity index (χ4n) is 1.47. The number of nitriles is 1. The quantitative estimate of drug-likeness (QED) is 0.436. The highest BCUT2D eigenvalue weighted by molar-refractivity contribution is 5.80. The third-order valence-electron chi connectivity index (χ3n) is 2.20. The molecule has 0 aromatic heterocycles. The van der Waals surface area contributed by atoms with Crippen molar-refractivity contribution >= 4 is 5.91 Å². The van der Waals surface area contributed by atoms with Crippen molar-refractivity contribution in [2.45, 2.75) is 25.4 Å². The van der Waals surface area contributed by atoms with Gasteiger partial charge in [0.2, 0.25) is 5.91 Å². The average Bonchev–Trinajstić information content (AvgIpc) is 2.49. The summed E-state index contributed by atoms with van der Waals surface area (Å²) < 4.78 is 12.6. The van der Waals surface area contributed by atoms with Gasteiger partial charge in [-0.25, -0.2) is 4.39 Å². The lowest BCUT2D eigenvalue weighted by Crippen LogP contribution is -2.27. The molecule has 3 nitrogen and oxygen atoms in total. The molecule has 0 aromatic rings. The zero-order valence-corrected chi connectivity index (χ0v) is 6.96. The van der Waals surface area contributed by atoms with Gasteiger partial charge in [-0.1, -0.05) is 0 Å². The first kappa shape index (κ1) is 8.98. The maximum absolute atomic E-state index is 12.6. The molecule has 2 atom stereocenters. The van der Waals surface area contributed by atoms with Crippen LogP contribution >= 0.6 is 0 Å². The van der Waals surface area contributed by atoms with Crippen molar-refractivity contribution in [2.24, 2.45) is 5.92 Å². The number of rotatable bonds is 1. The third-order valence-corrected chi connectivity index (χ3v) is 2.20. The summed E-state index contributed by atoms with van der Waals surface area (Å²) in [7, 11) is 1.41. The number of hydrogen-bond donors (Lipinski definition) is 0. The van der Waals surface area contributed by atoms with E-state index in [4.69, 9.17) is 5.26 Å². The van der Waals surface area contributed by atoms with E-state index in [9.17, 15) is 9.18 Å². The molecule has 1 rings (SSSR count). The van der Waals surface area contributed by atoms with Gasteiger partial charge in [-0.2, -0.15) is 5.26 Å². The van der Waals surface area contributed by atoms with E-state index in [1.807, 2.05) is 0 Å². The Morgan fingerprint density at radius 3 is 2.75 bits per heavy atom. The largest absolute Gasteiger partial charge is 0.273 e. The lowest BCUT2D eigenvalue weighted by atomic mass is 10.1. The minimum Gasteiger partial charge on any atom is -0.273 e. The summed E-state index contributed by atoms with van der Waals surface area (Å²) in [6.07, 6.45) is 2.17. The Labute approximate surface area is 70.8 Å². The number of amides is 1. The van der Waals surface area contributed by atoms with Gasteiger partial charge in [-0.05, 0) is 19.3 Å². The first-order valence-corrected chi connectivity index (χ1v) is 3.96. The van der Waals surface area contributed by atoms with Crippen molar-refractivity contribution in [3.8, 4) is 6.19 Å². The summed E-state index contributed by atoms with van der Waals surface area (Å²) in [6, 6.07) is 0. The number of halogens is 1. The molecule has 1 saturated carbocycles. The van der Waals surface area contributed by atoms with E-state index >= 15 is 0 Å². The van der Waals surface area contributed by atoms with Gasteiger partial charge in [0.05, 0.1) is 0 Å². The molecule has 66 valence electrons. The molecule has 1 fully saturated rings. The third kappa shape index (κ3) is 1.73. The molecule has 2 unspecified atom stereocenters. The van der Waals surface area contributed by atoms with Crippen LogP contribution in [-0.4, -0.2) is 24.0 Å². The summed E-state index contributed by atoms with van der Waals surface area (Å²) in [5.74, 6) is -0.526. The van der Waals surface area contributed by atoms with E-state index in [1.54, 1.807) is 6.19 Å². The zero-order chi connectivity index (χ0) is 9.14. The van der Waals surface area contributed by atoms with Gasteiger partial charge in [0.25, 0.3) is 0 Å². The lowest BCUT2D eigenvalue weighted by Gasteiger charge is -2.11. The Hall–Kier alpha value is -1.11. The molecule has 0 saturated heterocycles. The van der Waals surface area contributed by atoms with Crippen LogP contribution in [0.5, 0.6) is 0 Å². The average molecular weight is 170 g/mol. The van der Waals surface area contributed by atoms with E-state index in [-0.39, 0.29) is 18.2 Å². The summed E-state index contributed by atoms with van der Waals surface area (Å²) in [5, 5.41) is 8.39.